The average molecular weight is 342 g/mol. The van der Waals surface area contributed by atoms with Crippen molar-refractivity contribution in [3.05, 3.63) is 45.8 Å². The van der Waals surface area contributed by atoms with Crippen molar-refractivity contribution >= 4 is 11.5 Å². The maximum absolute atomic E-state index is 11.6. The van der Waals surface area contributed by atoms with Gasteiger partial charge in [-0.2, -0.15) is 4.98 Å². The molecule has 1 aliphatic rings. The summed E-state index contributed by atoms with van der Waals surface area (Å²) in [5.74, 6) is 0.720. The van der Waals surface area contributed by atoms with E-state index in [0.29, 0.717) is 5.75 Å². The van der Waals surface area contributed by atoms with Gasteiger partial charge in [0.1, 0.15) is 12.1 Å². The molecule has 0 radical (unpaired) electrons. The van der Waals surface area contributed by atoms with E-state index in [1.807, 2.05) is 32.0 Å². The minimum Gasteiger partial charge on any atom is -0.434 e. The number of hydrogen-bond donors (Lipinski definition) is 1. The fourth-order valence-corrected chi connectivity index (χ4v) is 3.25. The van der Waals surface area contributed by atoms with E-state index in [0.717, 1.165) is 36.8 Å². The molecular weight excluding hydrogens is 320 g/mol. The van der Waals surface area contributed by atoms with Crippen LogP contribution in [0.15, 0.2) is 24.5 Å². The summed E-state index contributed by atoms with van der Waals surface area (Å²) in [7, 11) is 0. The van der Waals surface area contributed by atoms with E-state index in [1.54, 1.807) is 0 Å². The quantitative estimate of drug-likeness (QED) is 0.634. The fraction of sp³-hybridized carbons (Fsp3) is 0.444. The molecule has 3 rings (SSSR count). The monoisotopic (exact) mass is 342 g/mol. The summed E-state index contributed by atoms with van der Waals surface area (Å²) in [6.45, 7) is 3.90. The molecule has 7 heteroatoms. The van der Waals surface area contributed by atoms with Gasteiger partial charge < -0.3 is 10.1 Å². The zero-order chi connectivity index (χ0) is 17.8. The first-order valence-corrected chi connectivity index (χ1v) is 8.55. The summed E-state index contributed by atoms with van der Waals surface area (Å²) >= 11 is 0. The zero-order valence-corrected chi connectivity index (χ0v) is 14.5. The van der Waals surface area contributed by atoms with Crippen LogP contribution in [-0.4, -0.2) is 20.9 Å². The predicted octanol–water partition coefficient (Wildman–Crippen LogP) is 4.54. The molecule has 0 amide bonds. The number of aromatic nitrogens is 2. The highest BCUT2D eigenvalue weighted by Crippen LogP contribution is 2.35. The third-order valence-corrected chi connectivity index (χ3v) is 4.33. The smallest absolute Gasteiger partial charge is 0.373 e. The topological polar surface area (TPSA) is 90.2 Å². The second-order valence-electron chi connectivity index (χ2n) is 6.54. The molecule has 0 bridgehead atoms. The summed E-state index contributed by atoms with van der Waals surface area (Å²) in [6, 6.07) is 5.87. The molecule has 1 aromatic heterocycles. The first-order chi connectivity index (χ1) is 12.0. The van der Waals surface area contributed by atoms with Crippen molar-refractivity contribution < 1.29 is 9.66 Å². The summed E-state index contributed by atoms with van der Waals surface area (Å²) < 4.78 is 5.73. The van der Waals surface area contributed by atoms with Crippen LogP contribution in [0.1, 0.15) is 43.2 Å². The third-order valence-electron chi connectivity index (χ3n) is 4.33. The van der Waals surface area contributed by atoms with Crippen LogP contribution in [0.2, 0.25) is 0 Å². The van der Waals surface area contributed by atoms with Crippen molar-refractivity contribution in [3.8, 4) is 11.6 Å². The zero-order valence-electron chi connectivity index (χ0n) is 14.5. The van der Waals surface area contributed by atoms with Gasteiger partial charge in [-0.3, -0.25) is 10.1 Å². The molecule has 1 aromatic carbocycles. The molecule has 1 N–H and O–H groups in total. The number of nitrogens with zero attached hydrogens (tertiary/aromatic N) is 3. The van der Waals surface area contributed by atoms with Gasteiger partial charge in [0, 0.05) is 6.04 Å². The average Bonchev–Trinajstić information content (AvgIpc) is 2.54. The van der Waals surface area contributed by atoms with E-state index in [4.69, 9.17) is 4.74 Å². The molecule has 132 valence electrons. The van der Waals surface area contributed by atoms with Gasteiger partial charge in [0.05, 0.1) is 4.92 Å². The maximum Gasteiger partial charge on any atom is 0.373 e. The highest BCUT2D eigenvalue weighted by molar-refractivity contribution is 5.62. The predicted molar refractivity (Wildman–Crippen MR) is 95.2 cm³/mol. The lowest BCUT2D eigenvalue weighted by atomic mass is 9.95. The molecule has 7 nitrogen and oxygen atoms in total. The van der Waals surface area contributed by atoms with E-state index in [1.165, 1.54) is 12.7 Å². The molecule has 25 heavy (non-hydrogen) atoms. The normalized spacial score (nSPS) is 15.0. The standard InChI is InChI=1S/C18H22N4O3/c1-12-8-13(2)10-15(9-12)25-18-16(22(23)24)17(19-11-20-18)21-14-6-4-3-5-7-14/h8-11,14H,3-7H2,1-2H3,(H,19,20,21). The molecule has 1 heterocycles. The number of nitrogens with one attached hydrogen (secondary N) is 1. The Hall–Kier alpha value is -2.70. The molecule has 1 aliphatic carbocycles. The highest BCUT2D eigenvalue weighted by Gasteiger charge is 2.27. The van der Waals surface area contributed by atoms with Crippen molar-refractivity contribution in [2.45, 2.75) is 52.0 Å². The number of aryl methyl sites for hydroxylation is 2. The number of benzene rings is 1. The van der Waals surface area contributed by atoms with Gasteiger partial charge in [-0.15, -0.1) is 0 Å². The van der Waals surface area contributed by atoms with Crippen LogP contribution >= 0.6 is 0 Å². The largest absolute Gasteiger partial charge is 0.434 e. The van der Waals surface area contributed by atoms with Crippen molar-refractivity contribution in [2.75, 3.05) is 5.32 Å². The minimum absolute atomic E-state index is 0.0386. The number of hydrogen-bond acceptors (Lipinski definition) is 6. The number of nitro groups is 1. The van der Waals surface area contributed by atoms with E-state index in [2.05, 4.69) is 15.3 Å². The van der Waals surface area contributed by atoms with Crippen LogP contribution in [0.25, 0.3) is 0 Å². The Kier molecular flexibility index (Phi) is 5.11. The minimum atomic E-state index is -0.483. The number of ether oxygens (including phenoxy) is 1. The summed E-state index contributed by atoms with van der Waals surface area (Å²) in [6.07, 6.45) is 6.76. The van der Waals surface area contributed by atoms with Crippen LogP contribution in [0.3, 0.4) is 0 Å². The lowest BCUT2D eigenvalue weighted by Gasteiger charge is -2.23. The Morgan fingerprint density at radius 3 is 2.44 bits per heavy atom. The number of rotatable bonds is 5. The summed E-state index contributed by atoms with van der Waals surface area (Å²) in [4.78, 5) is 19.2. The van der Waals surface area contributed by atoms with Crippen molar-refractivity contribution in [2.24, 2.45) is 0 Å². The lowest BCUT2D eigenvalue weighted by Crippen LogP contribution is -2.23. The SMILES string of the molecule is Cc1cc(C)cc(Oc2ncnc(NC3CCCCC3)c2[N+](=O)[O-])c1. The molecule has 0 saturated heterocycles. The summed E-state index contributed by atoms with van der Waals surface area (Å²) in [5.41, 5.74) is 1.83. The van der Waals surface area contributed by atoms with E-state index < -0.39 is 4.92 Å². The van der Waals surface area contributed by atoms with Crippen molar-refractivity contribution in [3.63, 3.8) is 0 Å². The van der Waals surface area contributed by atoms with Crippen LogP contribution in [-0.2, 0) is 0 Å². The molecule has 0 aliphatic heterocycles. The molecule has 2 aromatic rings. The second-order valence-corrected chi connectivity index (χ2v) is 6.54. The van der Waals surface area contributed by atoms with Gasteiger partial charge in [0.25, 0.3) is 0 Å². The Morgan fingerprint density at radius 2 is 1.80 bits per heavy atom. The first kappa shape index (κ1) is 17.1. The second kappa shape index (κ2) is 7.46. The Balaban J connectivity index is 1.90. The van der Waals surface area contributed by atoms with Crippen LogP contribution in [0.5, 0.6) is 11.6 Å². The van der Waals surface area contributed by atoms with Gasteiger partial charge in [0.2, 0.25) is 5.82 Å². The summed E-state index contributed by atoms with van der Waals surface area (Å²) in [5, 5.41) is 14.8. The Bertz CT molecular complexity index is 753. The molecule has 0 spiro atoms. The maximum atomic E-state index is 11.6. The third kappa shape index (κ3) is 4.23. The number of anilines is 1. The van der Waals surface area contributed by atoms with Gasteiger partial charge in [-0.25, -0.2) is 4.98 Å². The molecule has 1 fully saturated rings. The highest BCUT2D eigenvalue weighted by atomic mass is 16.6. The van der Waals surface area contributed by atoms with Crippen LogP contribution in [0, 0.1) is 24.0 Å². The van der Waals surface area contributed by atoms with Gasteiger partial charge in [-0.1, -0.05) is 25.3 Å². The molecule has 0 unspecified atom stereocenters. The lowest BCUT2D eigenvalue weighted by molar-refractivity contribution is -0.385. The molecular formula is C18H22N4O3. The molecule has 0 atom stereocenters. The van der Waals surface area contributed by atoms with Crippen molar-refractivity contribution in [1.29, 1.82) is 0 Å². The fourth-order valence-electron chi connectivity index (χ4n) is 3.25. The van der Waals surface area contributed by atoms with Gasteiger partial charge in [0.15, 0.2) is 0 Å². The van der Waals surface area contributed by atoms with Crippen LogP contribution < -0.4 is 10.1 Å². The van der Waals surface area contributed by atoms with Gasteiger partial charge in [-0.05, 0) is 49.9 Å². The van der Waals surface area contributed by atoms with E-state index >= 15 is 0 Å². The van der Waals surface area contributed by atoms with Crippen molar-refractivity contribution in [1.82, 2.24) is 9.97 Å². The first-order valence-electron chi connectivity index (χ1n) is 8.55. The van der Waals surface area contributed by atoms with E-state index in [9.17, 15) is 10.1 Å². The Labute approximate surface area is 146 Å². The molecule has 1 saturated carbocycles. The van der Waals surface area contributed by atoms with Gasteiger partial charge >= 0.3 is 11.6 Å². The Morgan fingerprint density at radius 1 is 1.12 bits per heavy atom. The van der Waals surface area contributed by atoms with E-state index in [-0.39, 0.29) is 23.4 Å². The van der Waals surface area contributed by atoms with Crippen LogP contribution in [0.4, 0.5) is 11.5 Å².